The van der Waals surface area contributed by atoms with E-state index in [-0.39, 0.29) is 6.04 Å². The summed E-state index contributed by atoms with van der Waals surface area (Å²) >= 11 is 2.26. The highest BCUT2D eigenvalue weighted by atomic mass is 127. The molecule has 4 heteroatoms. The Kier molecular flexibility index (Phi) is 4.54. The average Bonchev–Trinajstić information content (AvgIpc) is 2.38. The summed E-state index contributed by atoms with van der Waals surface area (Å²) in [5.74, 6) is 1.46. The highest BCUT2D eigenvalue weighted by Crippen LogP contribution is 2.27. The van der Waals surface area contributed by atoms with Crippen LogP contribution in [0.3, 0.4) is 0 Å². The molecule has 1 N–H and O–H groups in total. The Bertz CT molecular complexity index is 531. The van der Waals surface area contributed by atoms with Gasteiger partial charge in [0.15, 0.2) is 0 Å². The van der Waals surface area contributed by atoms with Crippen molar-refractivity contribution in [1.29, 1.82) is 0 Å². The van der Waals surface area contributed by atoms with Crippen LogP contribution in [0.15, 0.2) is 42.6 Å². The summed E-state index contributed by atoms with van der Waals surface area (Å²) in [4.78, 5) is 4.31. The minimum absolute atomic E-state index is 0.205. The standard InChI is InChI=1S/C14H15IN2O/c1-10(16-2)13-7-4-8-17-14(13)18-12-6-3-5-11(15)9-12/h3-10,16H,1-2H3. The molecule has 1 unspecified atom stereocenters. The van der Waals surface area contributed by atoms with Gasteiger partial charge in [-0.05, 0) is 60.8 Å². The molecule has 0 bridgehead atoms. The van der Waals surface area contributed by atoms with Crippen LogP contribution in [0.4, 0.5) is 0 Å². The lowest BCUT2D eigenvalue weighted by Gasteiger charge is -2.15. The Labute approximate surface area is 121 Å². The Morgan fingerprint density at radius 1 is 1.28 bits per heavy atom. The van der Waals surface area contributed by atoms with E-state index in [1.54, 1.807) is 6.20 Å². The van der Waals surface area contributed by atoms with Crippen molar-refractivity contribution in [3.63, 3.8) is 0 Å². The van der Waals surface area contributed by atoms with Crippen LogP contribution >= 0.6 is 22.6 Å². The molecule has 18 heavy (non-hydrogen) atoms. The number of halogens is 1. The molecule has 2 aromatic rings. The normalized spacial score (nSPS) is 12.2. The number of nitrogens with one attached hydrogen (secondary N) is 1. The Morgan fingerprint density at radius 2 is 2.11 bits per heavy atom. The highest BCUT2D eigenvalue weighted by molar-refractivity contribution is 14.1. The summed E-state index contributed by atoms with van der Waals surface area (Å²) in [5.41, 5.74) is 1.05. The number of hydrogen-bond acceptors (Lipinski definition) is 3. The summed E-state index contributed by atoms with van der Waals surface area (Å²) in [6, 6.07) is 12.1. The van der Waals surface area contributed by atoms with E-state index >= 15 is 0 Å². The predicted molar refractivity (Wildman–Crippen MR) is 80.9 cm³/mol. The molecule has 0 saturated heterocycles. The summed E-state index contributed by atoms with van der Waals surface area (Å²) in [6.45, 7) is 2.08. The lowest BCUT2D eigenvalue weighted by atomic mass is 10.1. The minimum atomic E-state index is 0.205. The lowest BCUT2D eigenvalue weighted by Crippen LogP contribution is -2.13. The third-order valence-electron chi connectivity index (χ3n) is 2.71. The van der Waals surface area contributed by atoms with Crippen molar-refractivity contribution >= 4 is 22.6 Å². The highest BCUT2D eigenvalue weighted by Gasteiger charge is 2.11. The first-order valence-electron chi connectivity index (χ1n) is 5.76. The summed E-state index contributed by atoms with van der Waals surface area (Å²) in [6.07, 6.45) is 1.75. The van der Waals surface area contributed by atoms with Crippen LogP contribution < -0.4 is 10.1 Å². The van der Waals surface area contributed by atoms with Crippen LogP contribution in [-0.2, 0) is 0 Å². The predicted octanol–water partition coefficient (Wildman–Crippen LogP) is 3.76. The van der Waals surface area contributed by atoms with Gasteiger partial charge in [0.1, 0.15) is 5.75 Å². The van der Waals surface area contributed by atoms with E-state index in [2.05, 4.69) is 39.8 Å². The number of aromatic nitrogens is 1. The van der Waals surface area contributed by atoms with Gasteiger partial charge in [0, 0.05) is 21.4 Å². The number of ether oxygens (including phenoxy) is 1. The van der Waals surface area contributed by atoms with E-state index < -0.39 is 0 Å². The van der Waals surface area contributed by atoms with E-state index in [9.17, 15) is 0 Å². The Balaban J connectivity index is 2.29. The monoisotopic (exact) mass is 354 g/mol. The fourth-order valence-electron chi connectivity index (χ4n) is 1.62. The van der Waals surface area contributed by atoms with E-state index in [1.807, 2.05) is 43.4 Å². The topological polar surface area (TPSA) is 34.2 Å². The van der Waals surface area contributed by atoms with Crippen molar-refractivity contribution in [1.82, 2.24) is 10.3 Å². The molecule has 2 rings (SSSR count). The number of pyridine rings is 1. The van der Waals surface area contributed by atoms with Crippen LogP contribution in [0.5, 0.6) is 11.6 Å². The van der Waals surface area contributed by atoms with Crippen LogP contribution in [0.1, 0.15) is 18.5 Å². The molecule has 0 amide bonds. The van der Waals surface area contributed by atoms with Gasteiger partial charge >= 0.3 is 0 Å². The second-order valence-corrected chi connectivity index (χ2v) is 5.21. The quantitative estimate of drug-likeness (QED) is 0.849. The zero-order chi connectivity index (χ0) is 13.0. The molecular formula is C14H15IN2O. The molecule has 0 radical (unpaired) electrons. The van der Waals surface area contributed by atoms with E-state index in [0.29, 0.717) is 5.88 Å². The average molecular weight is 354 g/mol. The number of rotatable bonds is 4. The molecule has 3 nitrogen and oxygen atoms in total. The first-order valence-corrected chi connectivity index (χ1v) is 6.84. The fraction of sp³-hybridized carbons (Fsp3) is 0.214. The second-order valence-electron chi connectivity index (χ2n) is 3.97. The van der Waals surface area contributed by atoms with E-state index in [1.165, 1.54) is 0 Å². The van der Waals surface area contributed by atoms with Crippen LogP contribution in [0.25, 0.3) is 0 Å². The summed E-state index contributed by atoms with van der Waals surface area (Å²) < 4.78 is 7.00. The second kappa shape index (κ2) is 6.15. The zero-order valence-electron chi connectivity index (χ0n) is 10.4. The van der Waals surface area contributed by atoms with E-state index in [4.69, 9.17) is 4.74 Å². The molecular weight excluding hydrogens is 339 g/mol. The number of nitrogens with zero attached hydrogens (tertiary/aromatic N) is 1. The van der Waals surface area contributed by atoms with Gasteiger partial charge in [-0.1, -0.05) is 12.1 Å². The molecule has 94 valence electrons. The molecule has 0 spiro atoms. The van der Waals surface area contributed by atoms with Gasteiger partial charge in [0.05, 0.1) is 0 Å². The minimum Gasteiger partial charge on any atom is -0.439 e. The SMILES string of the molecule is CNC(C)c1cccnc1Oc1cccc(I)c1. The van der Waals surface area contributed by atoms with Crippen molar-refractivity contribution in [2.45, 2.75) is 13.0 Å². The maximum atomic E-state index is 5.86. The fourth-order valence-corrected chi connectivity index (χ4v) is 2.13. The van der Waals surface area contributed by atoms with Crippen molar-refractivity contribution in [2.75, 3.05) is 7.05 Å². The first kappa shape index (κ1) is 13.3. The van der Waals surface area contributed by atoms with Crippen molar-refractivity contribution in [3.05, 3.63) is 51.7 Å². The van der Waals surface area contributed by atoms with Crippen molar-refractivity contribution in [3.8, 4) is 11.6 Å². The van der Waals surface area contributed by atoms with Crippen molar-refractivity contribution in [2.24, 2.45) is 0 Å². The molecule has 0 saturated carbocycles. The molecule has 1 aromatic heterocycles. The maximum absolute atomic E-state index is 5.86. The largest absolute Gasteiger partial charge is 0.439 e. The third kappa shape index (κ3) is 3.20. The Morgan fingerprint density at radius 3 is 2.83 bits per heavy atom. The molecule has 1 heterocycles. The molecule has 0 fully saturated rings. The molecule has 1 atom stereocenters. The third-order valence-corrected chi connectivity index (χ3v) is 3.38. The number of benzene rings is 1. The zero-order valence-corrected chi connectivity index (χ0v) is 12.5. The van der Waals surface area contributed by atoms with E-state index in [0.717, 1.165) is 14.9 Å². The van der Waals surface area contributed by atoms with Gasteiger partial charge in [-0.3, -0.25) is 0 Å². The maximum Gasteiger partial charge on any atom is 0.223 e. The van der Waals surface area contributed by atoms with Gasteiger partial charge in [0.25, 0.3) is 0 Å². The molecule has 0 aliphatic heterocycles. The smallest absolute Gasteiger partial charge is 0.223 e. The lowest BCUT2D eigenvalue weighted by molar-refractivity contribution is 0.446. The molecule has 0 aliphatic rings. The van der Waals surface area contributed by atoms with Gasteiger partial charge in [-0.2, -0.15) is 0 Å². The van der Waals surface area contributed by atoms with Gasteiger partial charge in [0.2, 0.25) is 5.88 Å². The molecule has 0 aliphatic carbocycles. The Hall–Kier alpha value is -1.14. The van der Waals surface area contributed by atoms with Gasteiger partial charge < -0.3 is 10.1 Å². The first-order chi connectivity index (χ1) is 8.70. The van der Waals surface area contributed by atoms with Crippen LogP contribution in [0, 0.1) is 3.57 Å². The van der Waals surface area contributed by atoms with Crippen LogP contribution in [-0.4, -0.2) is 12.0 Å². The van der Waals surface area contributed by atoms with Crippen LogP contribution in [0.2, 0.25) is 0 Å². The van der Waals surface area contributed by atoms with Gasteiger partial charge in [-0.15, -0.1) is 0 Å². The number of hydrogen-bond donors (Lipinski definition) is 1. The molecule has 1 aromatic carbocycles. The van der Waals surface area contributed by atoms with Crippen molar-refractivity contribution < 1.29 is 4.74 Å². The summed E-state index contributed by atoms with van der Waals surface area (Å²) in [5, 5.41) is 3.20. The summed E-state index contributed by atoms with van der Waals surface area (Å²) in [7, 11) is 1.92. The van der Waals surface area contributed by atoms with Gasteiger partial charge in [-0.25, -0.2) is 4.98 Å².